The Morgan fingerprint density at radius 1 is 0.879 bits per heavy atom. The average molecular weight is 446 g/mol. The van der Waals surface area contributed by atoms with Gasteiger partial charge in [-0.1, -0.05) is 12.1 Å². The first-order valence-electron chi connectivity index (χ1n) is 11.1. The zero-order chi connectivity index (χ0) is 22.8. The largest absolute Gasteiger partial charge is 0.367 e. The molecule has 2 aromatic carbocycles. The minimum Gasteiger partial charge on any atom is -0.367 e. The summed E-state index contributed by atoms with van der Waals surface area (Å²) in [4.78, 5) is 9.17. The highest BCUT2D eigenvalue weighted by Gasteiger charge is 2.22. The molecule has 5 nitrogen and oxygen atoms in total. The third-order valence-corrected chi connectivity index (χ3v) is 6.20. The molecule has 2 aromatic heterocycles. The van der Waals surface area contributed by atoms with E-state index in [0.717, 1.165) is 55.4 Å². The Bertz CT molecular complexity index is 1240. The van der Waals surface area contributed by atoms with Gasteiger partial charge >= 0.3 is 0 Å². The van der Waals surface area contributed by atoms with Crippen LogP contribution in [-0.2, 0) is 6.54 Å². The molecule has 1 saturated heterocycles. The topological polar surface area (TPSA) is 37.2 Å². The summed E-state index contributed by atoms with van der Waals surface area (Å²) in [7, 11) is 0. The number of hydrogen-bond donors (Lipinski definition) is 0. The van der Waals surface area contributed by atoms with Crippen LogP contribution in [0, 0.1) is 18.6 Å². The molecule has 0 unspecified atom stereocenters. The van der Waals surface area contributed by atoms with Crippen LogP contribution < -0.4 is 4.90 Å². The normalized spacial score (nSPS) is 14.6. The summed E-state index contributed by atoms with van der Waals surface area (Å²) in [5.74, 6) is -0.516. The molecule has 0 bridgehead atoms. The van der Waals surface area contributed by atoms with Crippen LogP contribution in [0.1, 0.15) is 11.3 Å². The van der Waals surface area contributed by atoms with E-state index in [1.54, 1.807) is 30.5 Å². The molecule has 0 saturated carbocycles. The SMILES string of the molecule is Cc1c(CN2CCN(c3cccnc3-c3ccccc3F)CC2)cnn1-c1ccc(F)cc1. The number of nitrogens with zero attached hydrogens (tertiary/aromatic N) is 5. The molecule has 4 aromatic rings. The van der Waals surface area contributed by atoms with Crippen molar-refractivity contribution in [2.75, 3.05) is 31.1 Å². The first kappa shape index (κ1) is 21.3. The van der Waals surface area contributed by atoms with Gasteiger partial charge in [-0.3, -0.25) is 9.88 Å². The van der Waals surface area contributed by atoms with Gasteiger partial charge in [-0.25, -0.2) is 13.5 Å². The lowest BCUT2D eigenvalue weighted by atomic mass is 10.1. The summed E-state index contributed by atoms with van der Waals surface area (Å²) in [6, 6.07) is 17.1. The van der Waals surface area contributed by atoms with Crippen molar-refractivity contribution in [2.24, 2.45) is 0 Å². The van der Waals surface area contributed by atoms with E-state index in [1.165, 1.54) is 18.2 Å². The highest BCUT2D eigenvalue weighted by Crippen LogP contribution is 2.31. The second kappa shape index (κ2) is 9.11. The lowest BCUT2D eigenvalue weighted by Crippen LogP contribution is -2.46. The maximum Gasteiger partial charge on any atom is 0.132 e. The van der Waals surface area contributed by atoms with Gasteiger partial charge in [0.15, 0.2) is 0 Å². The minimum atomic E-state index is -0.260. The maximum atomic E-state index is 14.4. The van der Waals surface area contributed by atoms with Crippen LogP contribution in [0.3, 0.4) is 0 Å². The molecule has 0 spiro atoms. The van der Waals surface area contributed by atoms with E-state index in [4.69, 9.17) is 0 Å². The van der Waals surface area contributed by atoms with Gasteiger partial charge < -0.3 is 4.90 Å². The molecule has 33 heavy (non-hydrogen) atoms. The Morgan fingerprint density at radius 3 is 2.39 bits per heavy atom. The van der Waals surface area contributed by atoms with Crippen molar-refractivity contribution in [3.63, 3.8) is 0 Å². The van der Waals surface area contributed by atoms with Crippen molar-refractivity contribution in [1.82, 2.24) is 19.7 Å². The van der Waals surface area contributed by atoms with Crippen LogP contribution in [0.5, 0.6) is 0 Å². The fraction of sp³-hybridized carbons (Fsp3) is 0.231. The number of aromatic nitrogens is 3. The standard InChI is InChI=1S/C26H25F2N5/c1-19-20(17-30-33(19)22-10-8-21(27)9-11-22)18-31-13-15-32(16-14-31)25-7-4-12-29-26(25)23-5-2-3-6-24(23)28/h2-12,17H,13-16,18H2,1H3. The molecule has 0 atom stereocenters. The number of anilines is 1. The molecule has 0 N–H and O–H groups in total. The van der Waals surface area contributed by atoms with Gasteiger partial charge in [0.25, 0.3) is 0 Å². The van der Waals surface area contributed by atoms with E-state index < -0.39 is 0 Å². The van der Waals surface area contributed by atoms with E-state index >= 15 is 0 Å². The van der Waals surface area contributed by atoms with Gasteiger partial charge in [0.1, 0.15) is 11.6 Å². The van der Waals surface area contributed by atoms with Crippen LogP contribution in [0.2, 0.25) is 0 Å². The molecule has 1 aliphatic rings. The predicted octanol–water partition coefficient (Wildman–Crippen LogP) is 4.84. The molecule has 3 heterocycles. The second-order valence-electron chi connectivity index (χ2n) is 8.26. The van der Waals surface area contributed by atoms with E-state index in [1.807, 2.05) is 36.0 Å². The van der Waals surface area contributed by atoms with Crippen LogP contribution in [0.15, 0.2) is 73.1 Å². The molecule has 1 aliphatic heterocycles. The van der Waals surface area contributed by atoms with Crippen LogP contribution >= 0.6 is 0 Å². The number of pyridine rings is 1. The minimum absolute atomic E-state index is 0.256. The number of piperazine rings is 1. The highest BCUT2D eigenvalue weighted by molar-refractivity contribution is 5.75. The van der Waals surface area contributed by atoms with Gasteiger partial charge in [-0.2, -0.15) is 5.10 Å². The first-order valence-corrected chi connectivity index (χ1v) is 11.1. The Labute approximate surface area is 191 Å². The number of benzene rings is 2. The lowest BCUT2D eigenvalue weighted by molar-refractivity contribution is 0.249. The van der Waals surface area contributed by atoms with Gasteiger partial charge in [0, 0.05) is 55.7 Å². The summed E-state index contributed by atoms with van der Waals surface area (Å²) in [5.41, 5.74) is 5.23. The highest BCUT2D eigenvalue weighted by atomic mass is 19.1. The molecular formula is C26H25F2N5. The molecule has 168 valence electrons. The van der Waals surface area contributed by atoms with E-state index in [2.05, 4.69) is 19.9 Å². The van der Waals surface area contributed by atoms with Crippen molar-refractivity contribution < 1.29 is 8.78 Å². The van der Waals surface area contributed by atoms with E-state index in [9.17, 15) is 8.78 Å². The van der Waals surface area contributed by atoms with Gasteiger partial charge in [-0.15, -0.1) is 0 Å². The third-order valence-electron chi connectivity index (χ3n) is 6.20. The molecule has 0 radical (unpaired) electrons. The zero-order valence-corrected chi connectivity index (χ0v) is 18.5. The predicted molar refractivity (Wildman–Crippen MR) is 125 cm³/mol. The summed E-state index contributed by atoms with van der Waals surface area (Å²) in [6.45, 7) is 6.27. The Balaban J connectivity index is 1.28. The second-order valence-corrected chi connectivity index (χ2v) is 8.26. The van der Waals surface area contributed by atoms with E-state index in [0.29, 0.717) is 11.3 Å². The third kappa shape index (κ3) is 4.36. The molecule has 7 heteroatoms. The quantitative estimate of drug-likeness (QED) is 0.440. The Hall–Kier alpha value is -3.58. The zero-order valence-electron chi connectivity index (χ0n) is 18.5. The average Bonchev–Trinajstić information content (AvgIpc) is 3.20. The molecule has 0 amide bonds. The summed E-state index contributed by atoms with van der Waals surface area (Å²) >= 11 is 0. The fourth-order valence-electron chi connectivity index (χ4n) is 4.34. The van der Waals surface area contributed by atoms with Gasteiger partial charge in [0.2, 0.25) is 0 Å². The number of halogens is 2. The van der Waals surface area contributed by atoms with Crippen LogP contribution in [0.25, 0.3) is 16.9 Å². The summed E-state index contributed by atoms with van der Waals surface area (Å²) in [5, 5.41) is 4.51. The van der Waals surface area contributed by atoms with Crippen molar-refractivity contribution in [3.05, 3.63) is 95.9 Å². The molecule has 5 rings (SSSR count). The van der Waals surface area contributed by atoms with E-state index in [-0.39, 0.29) is 11.6 Å². The van der Waals surface area contributed by atoms with Crippen molar-refractivity contribution in [1.29, 1.82) is 0 Å². The smallest absolute Gasteiger partial charge is 0.132 e. The summed E-state index contributed by atoms with van der Waals surface area (Å²) < 4.78 is 29.5. The molecular weight excluding hydrogens is 420 g/mol. The Kier molecular flexibility index (Phi) is 5.88. The lowest BCUT2D eigenvalue weighted by Gasteiger charge is -2.36. The maximum absolute atomic E-state index is 14.4. The number of hydrogen-bond acceptors (Lipinski definition) is 4. The first-order chi connectivity index (χ1) is 16.1. The van der Waals surface area contributed by atoms with Crippen molar-refractivity contribution in [2.45, 2.75) is 13.5 Å². The van der Waals surface area contributed by atoms with Crippen LogP contribution in [0.4, 0.5) is 14.5 Å². The van der Waals surface area contributed by atoms with Crippen molar-refractivity contribution >= 4 is 5.69 Å². The Morgan fingerprint density at radius 2 is 1.64 bits per heavy atom. The number of rotatable bonds is 5. The van der Waals surface area contributed by atoms with Gasteiger partial charge in [0.05, 0.1) is 23.3 Å². The van der Waals surface area contributed by atoms with Crippen LogP contribution in [-0.4, -0.2) is 45.8 Å². The fourth-order valence-corrected chi connectivity index (χ4v) is 4.34. The van der Waals surface area contributed by atoms with Crippen molar-refractivity contribution in [3.8, 4) is 16.9 Å². The molecule has 1 fully saturated rings. The monoisotopic (exact) mass is 445 g/mol. The molecule has 0 aliphatic carbocycles. The summed E-state index contributed by atoms with van der Waals surface area (Å²) in [6.07, 6.45) is 3.60. The van der Waals surface area contributed by atoms with Gasteiger partial charge in [-0.05, 0) is 55.5 Å².